The summed E-state index contributed by atoms with van der Waals surface area (Å²) in [5.74, 6) is 1.43. The molecule has 0 radical (unpaired) electrons. The highest BCUT2D eigenvalue weighted by atomic mass is 16.5. The summed E-state index contributed by atoms with van der Waals surface area (Å²) in [6.45, 7) is 4.41. The van der Waals surface area contributed by atoms with Crippen molar-refractivity contribution in [1.82, 2.24) is 0 Å². The lowest BCUT2D eigenvalue weighted by atomic mass is 9.89. The van der Waals surface area contributed by atoms with Crippen LogP contribution in [-0.4, -0.2) is 25.6 Å². The van der Waals surface area contributed by atoms with E-state index in [9.17, 15) is 4.79 Å². The van der Waals surface area contributed by atoms with Crippen LogP contribution in [0.15, 0.2) is 18.2 Å². The van der Waals surface area contributed by atoms with Gasteiger partial charge in [0.25, 0.3) is 0 Å². The van der Waals surface area contributed by atoms with Crippen LogP contribution in [0.5, 0.6) is 5.75 Å². The molecule has 0 heterocycles. The molecule has 1 aliphatic carbocycles. The molecule has 110 valence electrons. The Morgan fingerprint density at radius 1 is 1.25 bits per heavy atom. The maximum absolute atomic E-state index is 12.2. The minimum atomic E-state index is 0.000437. The Balaban J connectivity index is 1.92. The van der Waals surface area contributed by atoms with Gasteiger partial charge >= 0.3 is 0 Å². The Morgan fingerprint density at radius 3 is 2.60 bits per heavy atom. The molecule has 20 heavy (non-hydrogen) atoms. The first-order chi connectivity index (χ1) is 9.60. The smallest absolute Gasteiger partial charge is 0.192 e. The normalized spacial score (nSPS) is 22.6. The molecule has 1 fully saturated rings. The highest BCUT2D eigenvalue weighted by Gasteiger charge is 2.20. The van der Waals surface area contributed by atoms with Gasteiger partial charge in [-0.15, -0.1) is 0 Å². The number of methoxy groups -OCH3 is 1. The van der Waals surface area contributed by atoms with Crippen LogP contribution in [0.3, 0.4) is 0 Å². The largest absolute Gasteiger partial charge is 0.496 e. The first-order valence-electron chi connectivity index (χ1n) is 7.39. The third-order valence-corrected chi connectivity index (χ3v) is 4.07. The number of benzene rings is 1. The number of rotatable bonds is 5. The molecule has 1 saturated carbocycles. The van der Waals surface area contributed by atoms with Gasteiger partial charge in [-0.25, -0.2) is 0 Å². The summed E-state index contributed by atoms with van der Waals surface area (Å²) in [7, 11) is 1.59. The molecular weight excluding hydrogens is 252 g/mol. The molecule has 0 aliphatic heterocycles. The second-order valence-electron chi connectivity index (χ2n) is 5.82. The number of hydrogen-bond donors (Lipinski definition) is 0. The summed E-state index contributed by atoms with van der Waals surface area (Å²) >= 11 is 0. The number of ketones is 1. The first-order valence-corrected chi connectivity index (χ1v) is 7.39. The van der Waals surface area contributed by atoms with Crippen LogP contribution in [0, 0.1) is 12.8 Å². The number of carbonyl (C=O) groups is 1. The van der Waals surface area contributed by atoms with Crippen LogP contribution in [0.25, 0.3) is 0 Å². The Kier molecular flexibility index (Phi) is 5.18. The van der Waals surface area contributed by atoms with Gasteiger partial charge in [-0.1, -0.05) is 13.0 Å². The number of Topliss-reactive ketones (excluding diaryl/α,β-unsaturated/α-hetero) is 1. The van der Waals surface area contributed by atoms with Crippen molar-refractivity contribution < 1.29 is 14.3 Å². The second-order valence-corrected chi connectivity index (χ2v) is 5.82. The van der Waals surface area contributed by atoms with E-state index in [0.717, 1.165) is 24.3 Å². The number of aryl methyl sites for hydroxylation is 1. The molecule has 0 N–H and O–H groups in total. The Morgan fingerprint density at radius 2 is 1.95 bits per heavy atom. The van der Waals surface area contributed by atoms with E-state index in [1.165, 1.54) is 12.8 Å². The van der Waals surface area contributed by atoms with Crippen LogP contribution < -0.4 is 4.74 Å². The average Bonchev–Trinajstić information content (AvgIpc) is 2.46. The van der Waals surface area contributed by atoms with Gasteiger partial charge < -0.3 is 9.47 Å². The molecule has 3 heteroatoms. The van der Waals surface area contributed by atoms with Crippen LogP contribution in [0.1, 0.15) is 48.5 Å². The molecule has 0 spiro atoms. The van der Waals surface area contributed by atoms with E-state index in [-0.39, 0.29) is 18.5 Å². The van der Waals surface area contributed by atoms with E-state index in [1.807, 2.05) is 25.1 Å². The zero-order chi connectivity index (χ0) is 14.5. The molecule has 1 aromatic carbocycles. The van der Waals surface area contributed by atoms with Crippen LogP contribution >= 0.6 is 0 Å². The summed E-state index contributed by atoms with van der Waals surface area (Å²) in [6, 6.07) is 5.64. The predicted octanol–water partition coefficient (Wildman–Crippen LogP) is 3.78. The lowest BCUT2D eigenvalue weighted by molar-refractivity contribution is 0.0216. The summed E-state index contributed by atoms with van der Waals surface area (Å²) in [6.07, 6.45) is 4.78. The molecule has 0 saturated heterocycles. The minimum absolute atomic E-state index is 0.000437. The summed E-state index contributed by atoms with van der Waals surface area (Å²) in [5, 5.41) is 0. The van der Waals surface area contributed by atoms with E-state index in [1.54, 1.807) is 7.11 Å². The molecular formula is C17H24O3. The Labute approximate surface area is 121 Å². The molecule has 0 atom stereocenters. The van der Waals surface area contributed by atoms with E-state index in [2.05, 4.69) is 6.92 Å². The van der Waals surface area contributed by atoms with Gasteiger partial charge in [0.15, 0.2) is 5.78 Å². The molecule has 1 aliphatic rings. The third-order valence-electron chi connectivity index (χ3n) is 4.07. The molecule has 2 rings (SSSR count). The molecule has 1 aromatic rings. The predicted molar refractivity (Wildman–Crippen MR) is 79.4 cm³/mol. The van der Waals surface area contributed by atoms with Crippen molar-refractivity contribution in [3.63, 3.8) is 0 Å². The van der Waals surface area contributed by atoms with Crippen LogP contribution in [0.4, 0.5) is 0 Å². The zero-order valence-corrected chi connectivity index (χ0v) is 12.6. The molecule has 0 unspecified atom stereocenters. The fourth-order valence-corrected chi connectivity index (χ4v) is 2.70. The van der Waals surface area contributed by atoms with Crippen molar-refractivity contribution in [3.05, 3.63) is 29.3 Å². The van der Waals surface area contributed by atoms with Crippen molar-refractivity contribution in [1.29, 1.82) is 0 Å². The van der Waals surface area contributed by atoms with E-state index < -0.39 is 0 Å². The highest BCUT2D eigenvalue weighted by Crippen LogP contribution is 2.26. The van der Waals surface area contributed by atoms with Crippen LogP contribution in [0.2, 0.25) is 0 Å². The van der Waals surface area contributed by atoms with E-state index in [0.29, 0.717) is 11.3 Å². The summed E-state index contributed by atoms with van der Waals surface area (Å²) < 4.78 is 11.0. The summed E-state index contributed by atoms with van der Waals surface area (Å²) in [4.78, 5) is 12.2. The number of hydrogen-bond acceptors (Lipinski definition) is 3. The van der Waals surface area contributed by atoms with Crippen molar-refractivity contribution in [2.45, 2.75) is 45.6 Å². The molecule has 0 aromatic heterocycles. The maximum atomic E-state index is 12.2. The fraction of sp³-hybridized carbons (Fsp3) is 0.588. The van der Waals surface area contributed by atoms with E-state index in [4.69, 9.17) is 9.47 Å². The molecule has 3 nitrogen and oxygen atoms in total. The van der Waals surface area contributed by atoms with Gasteiger partial charge in [0.1, 0.15) is 12.4 Å². The Bertz CT molecular complexity index is 459. The molecule has 0 bridgehead atoms. The highest BCUT2D eigenvalue weighted by molar-refractivity contribution is 5.99. The SMILES string of the molecule is COc1cc(C)ccc1C(=O)COC1CCC(C)CC1. The monoisotopic (exact) mass is 276 g/mol. The van der Waals surface area contributed by atoms with Gasteiger partial charge in [-0.2, -0.15) is 0 Å². The maximum Gasteiger partial charge on any atom is 0.192 e. The van der Waals surface area contributed by atoms with Crippen molar-refractivity contribution in [3.8, 4) is 5.75 Å². The number of carbonyl (C=O) groups excluding carboxylic acids is 1. The quantitative estimate of drug-likeness (QED) is 0.768. The summed E-state index contributed by atoms with van der Waals surface area (Å²) in [5.41, 5.74) is 1.70. The lowest BCUT2D eigenvalue weighted by Gasteiger charge is -2.26. The standard InChI is InChI=1S/C17H24O3/c1-12-4-7-14(8-5-12)20-11-16(18)15-9-6-13(2)10-17(15)19-3/h6,9-10,12,14H,4-5,7-8,11H2,1-3H3. The van der Waals surface area contributed by atoms with Crippen LogP contribution in [-0.2, 0) is 4.74 Å². The topological polar surface area (TPSA) is 35.5 Å². The van der Waals surface area contributed by atoms with E-state index >= 15 is 0 Å². The van der Waals surface area contributed by atoms with Gasteiger partial charge in [-0.3, -0.25) is 4.79 Å². The van der Waals surface area contributed by atoms with Gasteiger partial charge in [0.2, 0.25) is 0 Å². The third kappa shape index (κ3) is 3.83. The molecule has 0 amide bonds. The van der Waals surface area contributed by atoms with Crippen molar-refractivity contribution in [2.24, 2.45) is 5.92 Å². The Hall–Kier alpha value is -1.35. The lowest BCUT2D eigenvalue weighted by Crippen LogP contribution is -2.23. The van der Waals surface area contributed by atoms with Crippen molar-refractivity contribution in [2.75, 3.05) is 13.7 Å². The van der Waals surface area contributed by atoms with Gasteiger partial charge in [0, 0.05) is 0 Å². The average molecular weight is 276 g/mol. The number of ether oxygens (including phenoxy) is 2. The van der Waals surface area contributed by atoms with Crippen molar-refractivity contribution >= 4 is 5.78 Å². The minimum Gasteiger partial charge on any atom is -0.496 e. The first kappa shape index (κ1) is 15.0. The second kappa shape index (κ2) is 6.89. The van der Waals surface area contributed by atoms with Gasteiger partial charge in [-0.05, 0) is 56.2 Å². The zero-order valence-electron chi connectivity index (χ0n) is 12.6. The van der Waals surface area contributed by atoms with Gasteiger partial charge in [0.05, 0.1) is 18.8 Å². The fourth-order valence-electron chi connectivity index (χ4n) is 2.70.